The highest BCUT2D eigenvalue weighted by Gasteiger charge is 2.23. The standard InChI is InChI=1S/C18H16N2O4S2/c1-13-3-7-15(8-4-13)25(21,22)17-11-20-18(12-19-17)26(23,24)16-9-5-14(2)6-10-16/h3-12H,1-2H3. The molecule has 2 aromatic carbocycles. The lowest BCUT2D eigenvalue weighted by atomic mass is 10.2. The second-order valence-corrected chi connectivity index (χ2v) is 9.62. The summed E-state index contributed by atoms with van der Waals surface area (Å²) in [5.41, 5.74) is 1.85. The van der Waals surface area contributed by atoms with Crippen LogP contribution >= 0.6 is 0 Å². The van der Waals surface area contributed by atoms with Crippen molar-refractivity contribution in [2.24, 2.45) is 0 Å². The zero-order valence-electron chi connectivity index (χ0n) is 14.1. The molecule has 0 N–H and O–H groups in total. The van der Waals surface area contributed by atoms with Gasteiger partial charge in [0, 0.05) is 0 Å². The van der Waals surface area contributed by atoms with E-state index in [-0.39, 0.29) is 19.8 Å². The molecule has 0 unspecified atom stereocenters. The summed E-state index contributed by atoms with van der Waals surface area (Å²) in [6, 6.07) is 12.6. The van der Waals surface area contributed by atoms with E-state index >= 15 is 0 Å². The van der Waals surface area contributed by atoms with Gasteiger partial charge in [-0.3, -0.25) is 0 Å². The van der Waals surface area contributed by atoms with E-state index in [9.17, 15) is 16.8 Å². The minimum Gasteiger partial charge on any atom is -0.240 e. The van der Waals surface area contributed by atoms with Gasteiger partial charge in [-0.2, -0.15) is 0 Å². The lowest BCUT2D eigenvalue weighted by Gasteiger charge is -2.06. The van der Waals surface area contributed by atoms with Gasteiger partial charge in [0.05, 0.1) is 22.2 Å². The number of aryl methyl sites for hydroxylation is 2. The zero-order chi connectivity index (χ0) is 18.9. The fourth-order valence-electron chi connectivity index (χ4n) is 2.26. The van der Waals surface area contributed by atoms with Gasteiger partial charge >= 0.3 is 0 Å². The van der Waals surface area contributed by atoms with E-state index in [1.165, 1.54) is 24.3 Å². The van der Waals surface area contributed by atoms with Crippen LogP contribution in [0.3, 0.4) is 0 Å². The summed E-state index contributed by atoms with van der Waals surface area (Å²) >= 11 is 0. The molecule has 0 atom stereocenters. The van der Waals surface area contributed by atoms with Gasteiger partial charge in [0.25, 0.3) is 0 Å². The second kappa shape index (κ2) is 6.62. The summed E-state index contributed by atoms with van der Waals surface area (Å²) in [5.74, 6) is 0. The molecule has 8 heteroatoms. The fraction of sp³-hybridized carbons (Fsp3) is 0.111. The van der Waals surface area contributed by atoms with Gasteiger partial charge in [0.2, 0.25) is 19.7 Å². The number of benzene rings is 2. The van der Waals surface area contributed by atoms with E-state index < -0.39 is 19.7 Å². The van der Waals surface area contributed by atoms with E-state index in [0.717, 1.165) is 23.5 Å². The number of nitrogens with zero attached hydrogens (tertiary/aromatic N) is 2. The smallest absolute Gasteiger partial charge is 0.225 e. The Morgan fingerprint density at radius 3 is 1.15 bits per heavy atom. The SMILES string of the molecule is Cc1ccc(S(=O)(=O)c2cnc(S(=O)(=O)c3ccc(C)cc3)cn2)cc1. The average molecular weight is 388 g/mol. The molecule has 26 heavy (non-hydrogen) atoms. The predicted molar refractivity (Wildman–Crippen MR) is 95.3 cm³/mol. The summed E-state index contributed by atoms with van der Waals surface area (Å²) in [6.45, 7) is 3.70. The van der Waals surface area contributed by atoms with Crippen LogP contribution in [-0.4, -0.2) is 26.8 Å². The van der Waals surface area contributed by atoms with Gasteiger partial charge in [-0.25, -0.2) is 26.8 Å². The van der Waals surface area contributed by atoms with Crippen molar-refractivity contribution in [3.63, 3.8) is 0 Å². The Hall–Kier alpha value is -2.58. The number of sulfone groups is 2. The van der Waals surface area contributed by atoms with Crippen molar-refractivity contribution >= 4 is 19.7 Å². The molecule has 3 rings (SSSR count). The van der Waals surface area contributed by atoms with Gasteiger partial charge in [0.15, 0.2) is 10.1 Å². The Bertz CT molecular complexity index is 1040. The van der Waals surface area contributed by atoms with Gasteiger partial charge in [-0.15, -0.1) is 0 Å². The maximum absolute atomic E-state index is 12.6. The first-order chi connectivity index (χ1) is 12.2. The Morgan fingerprint density at radius 2 is 0.885 bits per heavy atom. The monoisotopic (exact) mass is 388 g/mol. The van der Waals surface area contributed by atoms with Crippen LogP contribution in [0.25, 0.3) is 0 Å². The topological polar surface area (TPSA) is 94.1 Å². The summed E-state index contributed by atoms with van der Waals surface area (Å²) in [6.07, 6.45) is 1.94. The minimum absolute atomic E-state index is 0.0755. The third kappa shape index (κ3) is 3.38. The Morgan fingerprint density at radius 1 is 0.577 bits per heavy atom. The molecule has 0 radical (unpaired) electrons. The van der Waals surface area contributed by atoms with E-state index in [0.29, 0.717) is 0 Å². The molecule has 0 aliphatic heterocycles. The molecule has 0 amide bonds. The van der Waals surface area contributed by atoms with E-state index in [1.54, 1.807) is 24.3 Å². The van der Waals surface area contributed by atoms with Gasteiger partial charge in [-0.05, 0) is 38.1 Å². The zero-order valence-corrected chi connectivity index (χ0v) is 15.8. The second-order valence-electron chi connectivity index (χ2n) is 5.83. The Labute approximate surface area is 152 Å². The number of hydrogen-bond donors (Lipinski definition) is 0. The van der Waals surface area contributed by atoms with Crippen LogP contribution in [0.5, 0.6) is 0 Å². The van der Waals surface area contributed by atoms with Crippen molar-refractivity contribution < 1.29 is 16.8 Å². The van der Waals surface area contributed by atoms with Gasteiger partial charge < -0.3 is 0 Å². The minimum atomic E-state index is -3.86. The highest BCUT2D eigenvalue weighted by atomic mass is 32.2. The van der Waals surface area contributed by atoms with E-state index in [2.05, 4.69) is 9.97 Å². The molecule has 0 fully saturated rings. The number of aromatic nitrogens is 2. The molecule has 6 nitrogen and oxygen atoms in total. The van der Waals surface area contributed by atoms with E-state index in [1.807, 2.05) is 13.8 Å². The van der Waals surface area contributed by atoms with Crippen molar-refractivity contribution in [1.29, 1.82) is 0 Å². The first-order valence-corrected chi connectivity index (χ1v) is 10.6. The molecule has 1 aromatic heterocycles. The summed E-state index contributed by atoms with van der Waals surface area (Å²) in [5, 5.41) is -0.603. The van der Waals surface area contributed by atoms with Crippen molar-refractivity contribution in [1.82, 2.24) is 9.97 Å². The molecular weight excluding hydrogens is 372 g/mol. The Kier molecular flexibility index (Phi) is 4.64. The molecule has 134 valence electrons. The molecule has 1 heterocycles. The first-order valence-electron chi connectivity index (χ1n) is 7.67. The van der Waals surface area contributed by atoms with Crippen LogP contribution in [0.2, 0.25) is 0 Å². The van der Waals surface area contributed by atoms with Crippen LogP contribution in [0.1, 0.15) is 11.1 Å². The third-order valence-electron chi connectivity index (χ3n) is 3.82. The van der Waals surface area contributed by atoms with Crippen molar-refractivity contribution in [3.8, 4) is 0 Å². The third-order valence-corrected chi connectivity index (χ3v) is 7.13. The molecule has 0 aliphatic carbocycles. The maximum atomic E-state index is 12.6. The lowest BCUT2D eigenvalue weighted by Crippen LogP contribution is -2.09. The summed E-state index contributed by atoms with van der Waals surface area (Å²) in [7, 11) is -7.71. The normalized spacial score (nSPS) is 12.1. The maximum Gasteiger partial charge on any atom is 0.225 e. The lowest BCUT2D eigenvalue weighted by molar-refractivity contribution is 0.584. The average Bonchev–Trinajstić information content (AvgIpc) is 2.62. The molecule has 0 bridgehead atoms. The van der Waals surface area contributed by atoms with Crippen molar-refractivity contribution in [3.05, 3.63) is 72.1 Å². The van der Waals surface area contributed by atoms with Crippen molar-refractivity contribution in [2.45, 2.75) is 33.7 Å². The van der Waals surface area contributed by atoms with Crippen LogP contribution in [-0.2, 0) is 19.7 Å². The largest absolute Gasteiger partial charge is 0.240 e. The molecule has 3 aromatic rings. The molecule has 0 saturated carbocycles. The van der Waals surface area contributed by atoms with Gasteiger partial charge in [-0.1, -0.05) is 35.4 Å². The quantitative estimate of drug-likeness (QED) is 0.682. The first kappa shape index (κ1) is 18.2. The Balaban J connectivity index is 1.98. The highest BCUT2D eigenvalue weighted by Crippen LogP contribution is 2.22. The molecule has 0 saturated heterocycles. The van der Waals surface area contributed by atoms with Crippen LogP contribution in [0, 0.1) is 13.8 Å². The molecule has 0 aliphatic rings. The van der Waals surface area contributed by atoms with Crippen LogP contribution < -0.4 is 0 Å². The summed E-state index contributed by atoms with van der Waals surface area (Å²) < 4.78 is 50.2. The highest BCUT2D eigenvalue weighted by molar-refractivity contribution is 7.91. The summed E-state index contributed by atoms with van der Waals surface area (Å²) in [4.78, 5) is 7.81. The number of rotatable bonds is 4. The molecular formula is C18H16N2O4S2. The van der Waals surface area contributed by atoms with Crippen molar-refractivity contribution in [2.75, 3.05) is 0 Å². The van der Waals surface area contributed by atoms with Crippen LogP contribution in [0.15, 0.2) is 80.8 Å². The molecule has 0 spiro atoms. The van der Waals surface area contributed by atoms with E-state index in [4.69, 9.17) is 0 Å². The van der Waals surface area contributed by atoms with Crippen LogP contribution in [0.4, 0.5) is 0 Å². The van der Waals surface area contributed by atoms with Gasteiger partial charge in [0.1, 0.15) is 0 Å². The number of hydrogen-bond acceptors (Lipinski definition) is 6. The predicted octanol–water partition coefficient (Wildman–Crippen LogP) is 2.76. The fourth-order valence-corrected chi connectivity index (χ4v) is 4.50.